The summed E-state index contributed by atoms with van der Waals surface area (Å²) in [5, 5.41) is 3.11. The molecule has 19 heavy (non-hydrogen) atoms. The molecule has 0 unspecified atom stereocenters. The number of urea groups is 1. The summed E-state index contributed by atoms with van der Waals surface area (Å²) in [6.07, 6.45) is 0. The first-order chi connectivity index (χ1) is 8.95. The first-order valence-corrected chi connectivity index (χ1v) is 6.22. The number of esters is 1. The smallest absolute Gasteiger partial charge is 0.325 e. The van der Waals surface area contributed by atoms with Gasteiger partial charge in [-0.2, -0.15) is 0 Å². The van der Waals surface area contributed by atoms with Crippen LogP contribution in [0.25, 0.3) is 0 Å². The standard InChI is InChI=1S/C13H17ClN2O3/c1-9(2)16(8-12(17)19-3)13(18)15-11-7-5-4-6-10(11)14/h4-7,9H,8H2,1-3H3,(H,15,18). The summed E-state index contributed by atoms with van der Waals surface area (Å²) < 4.78 is 4.57. The van der Waals surface area contributed by atoms with Crippen molar-refractivity contribution in [1.82, 2.24) is 4.90 Å². The highest BCUT2D eigenvalue weighted by atomic mass is 35.5. The number of benzene rings is 1. The second kappa shape index (κ2) is 6.99. The molecule has 0 atom stereocenters. The SMILES string of the molecule is COC(=O)CN(C(=O)Nc1ccccc1Cl)C(C)C. The number of halogens is 1. The fourth-order valence-electron chi connectivity index (χ4n) is 1.44. The topological polar surface area (TPSA) is 58.6 Å². The Hall–Kier alpha value is -1.75. The van der Waals surface area contributed by atoms with E-state index in [1.807, 2.05) is 13.8 Å². The van der Waals surface area contributed by atoms with E-state index in [1.54, 1.807) is 24.3 Å². The van der Waals surface area contributed by atoms with Gasteiger partial charge in [0.15, 0.2) is 0 Å². The Kier molecular flexibility index (Phi) is 5.63. The van der Waals surface area contributed by atoms with Crippen LogP contribution in [0.1, 0.15) is 13.8 Å². The summed E-state index contributed by atoms with van der Waals surface area (Å²) in [7, 11) is 1.28. The van der Waals surface area contributed by atoms with Gasteiger partial charge < -0.3 is 15.0 Å². The molecular formula is C13H17ClN2O3. The molecule has 0 bridgehead atoms. The summed E-state index contributed by atoms with van der Waals surface area (Å²) in [6.45, 7) is 3.52. The number of carbonyl (C=O) groups excluding carboxylic acids is 2. The maximum Gasteiger partial charge on any atom is 0.325 e. The molecule has 1 aromatic carbocycles. The Labute approximate surface area is 117 Å². The summed E-state index contributed by atoms with van der Waals surface area (Å²) in [4.78, 5) is 24.8. The van der Waals surface area contributed by atoms with Crippen molar-refractivity contribution in [1.29, 1.82) is 0 Å². The van der Waals surface area contributed by atoms with E-state index in [-0.39, 0.29) is 12.6 Å². The van der Waals surface area contributed by atoms with Gasteiger partial charge in [0.05, 0.1) is 17.8 Å². The van der Waals surface area contributed by atoms with E-state index in [2.05, 4.69) is 10.1 Å². The van der Waals surface area contributed by atoms with Crippen molar-refractivity contribution in [2.45, 2.75) is 19.9 Å². The number of nitrogens with zero attached hydrogens (tertiary/aromatic N) is 1. The van der Waals surface area contributed by atoms with E-state index < -0.39 is 12.0 Å². The number of para-hydroxylation sites is 1. The third kappa shape index (κ3) is 4.44. The third-order valence-electron chi connectivity index (χ3n) is 2.53. The van der Waals surface area contributed by atoms with Crippen LogP contribution in [-0.2, 0) is 9.53 Å². The van der Waals surface area contributed by atoms with Crippen molar-refractivity contribution in [2.75, 3.05) is 19.0 Å². The lowest BCUT2D eigenvalue weighted by Crippen LogP contribution is -2.43. The number of methoxy groups -OCH3 is 1. The van der Waals surface area contributed by atoms with E-state index in [1.165, 1.54) is 12.0 Å². The monoisotopic (exact) mass is 284 g/mol. The number of ether oxygens (including phenoxy) is 1. The molecule has 0 saturated heterocycles. The van der Waals surface area contributed by atoms with E-state index >= 15 is 0 Å². The molecule has 6 heteroatoms. The van der Waals surface area contributed by atoms with Gasteiger partial charge >= 0.3 is 12.0 Å². The quantitative estimate of drug-likeness (QED) is 0.865. The largest absolute Gasteiger partial charge is 0.468 e. The van der Waals surface area contributed by atoms with Crippen molar-refractivity contribution in [3.8, 4) is 0 Å². The molecule has 0 fully saturated rings. The molecule has 1 N–H and O–H groups in total. The molecule has 0 saturated carbocycles. The van der Waals surface area contributed by atoms with Crippen LogP contribution in [0.4, 0.5) is 10.5 Å². The predicted molar refractivity (Wildman–Crippen MR) is 74.3 cm³/mol. The van der Waals surface area contributed by atoms with E-state index in [0.29, 0.717) is 10.7 Å². The average molecular weight is 285 g/mol. The molecule has 0 heterocycles. The first kappa shape index (κ1) is 15.3. The molecular weight excluding hydrogens is 268 g/mol. The highest BCUT2D eigenvalue weighted by molar-refractivity contribution is 6.33. The fourth-order valence-corrected chi connectivity index (χ4v) is 1.63. The lowest BCUT2D eigenvalue weighted by atomic mass is 10.3. The zero-order valence-electron chi connectivity index (χ0n) is 11.1. The fraction of sp³-hybridized carbons (Fsp3) is 0.385. The normalized spacial score (nSPS) is 10.2. The maximum absolute atomic E-state index is 12.1. The second-order valence-electron chi connectivity index (χ2n) is 4.21. The lowest BCUT2D eigenvalue weighted by Gasteiger charge is -2.25. The molecule has 0 aliphatic heterocycles. The molecule has 5 nitrogen and oxygen atoms in total. The van der Waals surface area contributed by atoms with Gasteiger partial charge in [-0.3, -0.25) is 4.79 Å². The Morgan fingerprint density at radius 1 is 1.37 bits per heavy atom. The van der Waals surface area contributed by atoms with Crippen LogP contribution < -0.4 is 5.32 Å². The summed E-state index contributed by atoms with van der Waals surface area (Å²) in [6, 6.07) is 6.37. The van der Waals surface area contributed by atoms with Crippen LogP contribution in [-0.4, -0.2) is 36.6 Å². The van der Waals surface area contributed by atoms with Crippen molar-refractivity contribution in [2.24, 2.45) is 0 Å². The minimum absolute atomic E-state index is 0.107. The highest BCUT2D eigenvalue weighted by Crippen LogP contribution is 2.21. The van der Waals surface area contributed by atoms with Gasteiger partial charge in [-0.25, -0.2) is 4.79 Å². The molecule has 1 rings (SSSR count). The van der Waals surface area contributed by atoms with Crippen molar-refractivity contribution < 1.29 is 14.3 Å². The number of anilines is 1. The molecule has 0 aliphatic rings. The summed E-state index contributed by atoms with van der Waals surface area (Å²) in [5.74, 6) is -0.469. The molecule has 0 aliphatic carbocycles. The number of hydrogen-bond donors (Lipinski definition) is 1. The van der Waals surface area contributed by atoms with Crippen molar-refractivity contribution in [3.05, 3.63) is 29.3 Å². The van der Waals surface area contributed by atoms with E-state index in [9.17, 15) is 9.59 Å². The number of amides is 2. The third-order valence-corrected chi connectivity index (χ3v) is 2.86. The first-order valence-electron chi connectivity index (χ1n) is 5.84. The number of nitrogens with one attached hydrogen (secondary N) is 1. The molecule has 1 aromatic rings. The zero-order valence-corrected chi connectivity index (χ0v) is 11.9. The number of rotatable bonds is 4. The Bertz CT molecular complexity index is 463. The minimum atomic E-state index is -0.469. The molecule has 104 valence electrons. The highest BCUT2D eigenvalue weighted by Gasteiger charge is 2.21. The maximum atomic E-state index is 12.1. The van der Waals surface area contributed by atoms with Gasteiger partial charge in [0.2, 0.25) is 0 Å². The Balaban J connectivity index is 2.78. The number of hydrogen-bond acceptors (Lipinski definition) is 3. The van der Waals surface area contributed by atoms with Crippen LogP contribution in [0.15, 0.2) is 24.3 Å². The van der Waals surface area contributed by atoms with Crippen molar-refractivity contribution >= 4 is 29.3 Å². The molecule has 0 aromatic heterocycles. The Morgan fingerprint density at radius 2 is 2.00 bits per heavy atom. The van der Waals surface area contributed by atoms with Crippen LogP contribution in [0.5, 0.6) is 0 Å². The molecule has 0 spiro atoms. The van der Waals surface area contributed by atoms with Crippen LogP contribution in [0.2, 0.25) is 5.02 Å². The van der Waals surface area contributed by atoms with Gasteiger partial charge in [-0.15, -0.1) is 0 Å². The van der Waals surface area contributed by atoms with Crippen LogP contribution in [0, 0.1) is 0 Å². The van der Waals surface area contributed by atoms with E-state index in [0.717, 1.165) is 0 Å². The van der Waals surface area contributed by atoms with Crippen LogP contribution in [0.3, 0.4) is 0 Å². The van der Waals surface area contributed by atoms with E-state index in [4.69, 9.17) is 11.6 Å². The average Bonchev–Trinajstić information content (AvgIpc) is 2.37. The second-order valence-corrected chi connectivity index (χ2v) is 4.61. The Morgan fingerprint density at radius 3 is 2.53 bits per heavy atom. The van der Waals surface area contributed by atoms with Gasteiger partial charge in [0.25, 0.3) is 0 Å². The van der Waals surface area contributed by atoms with Crippen LogP contribution >= 0.6 is 11.6 Å². The zero-order chi connectivity index (χ0) is 14.4. The van der Waals surface area contributed by atoms with Gasteiger partial charge in [0.1, 0.15) is 6.54 Å². The summed E-state index contributed by atoms with van der Waals surface area (Å²) >= 11 is 5.96. The van der Waals surface area contributed by atoms with Gasteiger partial charge in [0, 0.05) is 6.04 Å². The summed E-state index contributed by atoms with van der Waals surface area (Å²) in [5.41, 5.74) is 0.504. The molecule has 2 amide bonds. The van der Waals surface area contributed by atoms with Gasteiger partial charge in [-0.05, 0) is 26.0 Å². The molecule has 0 radical (unpaired) electrons. The van der Waals surface area contributed by atoms with Gasteiger partial charge in [-0.1, -0.05) is 23.7 Å². The number of carbonyl (C=O) groups is 2. The minimum Gasteiger partial charge on any atom is -0.468 e. The lowest BCUT2D eigenvalue weighted by molar-refractivity contribution is -0.141. The van der Waals surface area contributed by atoms with Crippen molar-refractivity contribution in [3.63, 3.8) is 0 Å². The predicted octanol–water partition coefficient (Wildman–Crippen LogP) is 2.76.